The zero-order valence-corrected chi connectivity index (χ0v) is 10.9. The molecule has 0 aromatic carbocycles. The molecule has 0 bridgehead atoms. The van der Waals surface area contributed by atoms with E-state index >= 15 is 0 Å². The molecule has 0 saturated carbocycles. The van der Waals surface area contributed by atoms with Crippen LogP contribution in [0.5, 0.6) is 0 Å². The quantitative estimate of drug-likeness (QED) is 0.799. The van der Waals surface area contributed by atoms with Crippen molar-refractivity contribution in [3.8, 4) is 0 Å². The first-order valence-corrected chi connectivity index (χ1v) is 6.60. The van der Waals surface area contributed by atoms with E-state index in [0.717, 1.165) is 16.9 Å². The maximum absolute atomic E-state index is 4.37. The summed E-state index contributed by atoms with van der Waals surface area (Å²) in [6.07, 6.45) is 6.86. The fourth-order valence-corrected chi connectivity index (χ4v) is 2.94. The summed E-state index contributed by atoms with van der Waals surface area (Å²) in [5, 5.41) is 3.56. The van der Waals surface area contributed by atoms with Crippen LogP contribution in [-0.4, -0.2) is 17.6 Å². The predicted octanol–water partition coefficient (Wildman–Crippen LogP) is 2.92. The lowest BCUT2D eigenvalue weighted by molar-refractivity contribution is 0.563. The molecule has 1 aliphatic heterocycles. The van der Waals surface area contributed by atoms with Gasteiger partial charge in [0.15, 0.2) is 0 Å². The Morgan fingerprint density at radius 2 is 2.38 bits per heavy atom. The first-order chi connectivity index (χ1) is 7.74. The number of halogens is 1. The normalized spacial score (nSPS) is 28.0. The number of fused-ring (bicyclic) bond motifs is 1. The van der Waals surface area contributed by atoms with Gasteiger partial charge >= 0.3 is 0 Å². The van der Waals surface area contributed by atoms with Gasteiger partial charge in [-0.25, -0.2) is 4.98 Å². The van der Waals surface area contributed by atoms with Crippen LogP contribution in [0.4, 0.5) is 0 Å². The van der Waals surface area contributed by atoms with E-state index in [-0.39, 0.29) is 0 Å². The van der Waals surface area contributed by atoms with E-state index in [1.807, 2.05) is 6.20 Å². The molecule has 3 heteroatoms. The lowest BCUT2D eigenvalue weighted by Crippen LogP contribution is -2.22. The Kier molecular flexibility index (Phi) is 2.60. The zero-order valence-electron chi connectivity index (χ0n) is 9.33. The molecule has 2 unspecified atom stereocenters. The first-order valence-electron chi connectivity index (χ1n) is 5.80. The molecule has 1 aliphatic carbocycles. The van der Waals surface area contributed by atoms with Crippen LogP contribution < -0.4 is 5.32 Å². The fraction of sp³-hybridized carbons (Fsp3) is 0.462. The summed E-state index contributed by atoms with van der Waals surface area (Å²) in [5.41, 5.74) is 3.96. The van der Waals surface area contributed by atoms with Crippen molar-refractivity contribution >= 4 is 21.5 Å². The molecule has 84 valence electrons. The van der Waals surface area contributed by atoms with E-state index in [4.69, 9.17) is 0 Å². The van der Waals surface area contributed by atoms with Crippen molar-refractivity contribution in [2.75, 3.05) is 6.54 Å². The molecule has 3 rings (SSSR count). The molecule has 0 radical (unpaired) electrons. The van der Waals surface area contributed by atoms with Crippen LogP contribution >= 0.6 is 15.9 Å². The van der Waals surface area contributed by atoms with Gasteiger partial charge in [-0.15, -0.1) is 0 Å². The number of nitrogens with zero attached hydrogens (tertiary/aromatic N) is 1. The fourth-order valence-electron chi connectivity index (χ4n) is 2.72. The zero-order chi connectivity index (χ0) is 11.1. The van der Waals surface area contributed by atoms with Crippen molar-refractivity contribution < 1.29 is 0 Å². The van der Waals surface area contributed by atoms with Gasteiger partial charge < -0.3 is 5.32 Å². The first kappa shape index (κ1) is 10.5. The van der Waals surface area contributed by atoms with Gasteiger partial charge in [-0.05, 0) is 70.9 Å². The maximum atomic E-state index is 4.37. The number of aryl methyl sites for hydroxylation is 1. The number of hydrogen-bond acceptors (Lipinski definition) is 2. The molecule has 2 aliphatic rings. The molecule has 1 aromatic rings. The van der Waals surface area contributed by atoms with Gasteiger partial charge in [0.2, 0.25) is 0 Å². The number of hydrogen-bond donors (Lipinski definition) is 1. The van der Waals surface area contributed by atoms with Crippen molar-refractivity contribution in [2.24, 2.45) is 5.92 Å². The molecule has 16 heavy (non-hydrogen) atoms. The van der Waals surface area contributed by atoms with E-state index < -0.39 is 0 Å². The van der Waals surface area contributed by atoms with E-state index in [9.17, 15) is 0 Å². The Hall–Kier alpha value is -0.670. The van der Waals surface area contributed by atoms with E-state index in [1.54, 1.807) is 0 Å². The van der Waals surface area contributed by atoms with E-state index in [1.165, 1.54) is 29.7 Å². The molecule has 2 nitrogen and oxygen atoms in total. The molecule has 2 heterocycles. The average Bonchev–Trinajstić information content (AvgIpc) is 2.81. The number of nitrogens with one attached hydrogen (secondary N) is 1. The molecule has 1 N–H and O–H groups in total. The van der Waals surface area contributed by atoms with Crippen molar-refractivity contribution in [1.82, 2.24) is 10.3 Å². The van der Waals surface area contributed by atoms with E-state index in [0.29, 0.717) is 6.04 Å². The third kappa shape index (κ3) is 1.72. The molecule has 0 spiro atoms. The van der Waals surface area contributed by atoms with Crippen LogP contribution in [0.1, 0.15) is 24.0 Å². The van der Waals surface area contributed by atoms with Gasteiger partial charge in [-0.3, -0.25) is 0 Å². The Morgan fingerprint density at radius 3 is 3.12 bits per heavy atom. The van der Waals surface area contributed by atoms with Gasteiger partial charge in [0.05, 0.1) is 0 Å². The van der Waals surface area contributed by atoms with Gasteiger partial charge in [0, 0.05) is 12.2 Å². The van der Waals surface area contributed by atoms with Gasteiger partial charge in [0.25, 0.3) is 0 Å². The number of rotatable bonds is 1. The van der Waals surface area contributed by atoms with Crippen LogP contribution in [0.3, 0.4) is 0 Å². The van der Waals surface area contributed by atoms with Crippen molar-refractivity contribution in [3.63, 3.8) is 0 Å². The standard InChI is InChI=1S/C13H15BrN2/c1-8-4-11(7-16-13(8)14)10-5-9-2-3-15-12(9)6-10/h4-5,7,9,12,15H,2-3,6H2,1H3. The van der Waals surface area contributed by atoms with Crippen LogP contribution in [0, 0.1) is 12.8 Å². The van der Waals surface area contributed by atoms with Crippen LogP contribution in [0.2, 0.25) is 0 Å². The molecule has 2 atom stereocenters. The number of pyridine rings is 1. The second-order valence-corrected chi connectivity index (χ2v) is 5.49. The maximum Gasteiger partial charge on any atom is 0.109 e. The molecular formula is C13H15BrN2. The largest absolute Gasteiger partial charge is 0.313 e. The highest BCUT2D eigenvalue weighted by Crippen LogP contribution is 2.36. The van der Waals surface area contributed by atoms with Gasteiger partial charge in [0.1, 0.15) is 4.60 Å². The highest BCUT2D eigenvalue weighted by Gasteiger charge is 2.31. The minimum Gasteiger partial charge on any atom is -0.313 e. The smallest absolute Gasteiger partial charge is 0.109 e. The van der Waals surface area contributed by atoms with Crippen LogP contribution in [-0.2, 0) is 0 Å². The second kappa shape index (κ2) is 3.97. The van der Waals surface area contributed by atoms with Gasteiger partial charge in [-0.1, -0.05) is 6.08 Å². The van der Waals surface area contributed by atoms with Crippen molar-refractivity contribution in [1.29, 1.82) is 0 Å². The minimum atomic E-state index is 0.680. The summed E-state index contributed by atoms with van der Waals surface area (Å²) in [4.78, 5) is 4.37. The Bertz CT molecular complexity index is 453. The molecule has 1 saturated heterocycles. The third-order valence-electron chi connectivity index (χ3n) is 3.64. The third-order valence-corrected chi connectivity index (χ3v) is 4.47. The predicted molar refractivity (Wildman–Crippen MR) is 69.2 cm³/mol. The average molecular weight is 279 g/mol. The summed E-state index contributed by atoms with van der Waals surface area (Å²) in [6, 6.07) is 2.91. The number of aromatic nitrogens is 1. The minimum absolute atomic E-state index is 0.680. The summed E-state index contributed by atoms with van der Waals surface area (Å²) < 4.78 is 0.952. The van der Waals surface area contributed by atoms with Crippen molar-refractivity contribution in [2.45, 2.75) is 25.8 Å². The molecular weight excluding hydrogens is 264 g/mol. The van der Waals surface area contributed by atoms with E-state index in [2.05, 4.69) is 45.3 Å². The van der Waals surface area contributed by atoms with Crippen LogP contribution in [0.15, 0.2) is 22.9 Å². The Morgan fingerprint density at radius 1 is 1.50 bits per heavy atom. The lowest BCUT2D eigenvalue weighted by atomic mass is 10.0. The van der Waals surface area contributed by atoms with Crippen LogP contribution in [0.25, 0.3) is 5.57 Å². The Balaban J connectivity index is 1.90. The molecule has 1 aromatic heterocycles. The van der Waals surface area contributed by atoms with Crippen molar-refractivity contribution in [3.05, 3.63) is 34.1 Å². The SMILES string of the molecule is Cc1cc(C2=CC3CCNC3C2)cnc1Br. The topological polar surface area (TPSA) is 24.9 Å². The van der Waals surface area contributed by atoms with Gasteiger partial charge in [-0.2, -0.15) is 0 Å². The summed E-state index contributed by atoms with van der Waals surface area (Å²) >= 11 is 3.44. The highest BCUT2D eigenvalue weighted by atomic mass is 79.9. The Labute approximate surface area is 104 Å². The highest BCUT2D eigenvalue weighted by molar-refractivity contribution is 9.10. The summed E-state index contributed by atoms with van der Waals surface area (Å²) in [7, 11) is 0. The summed E-state index contributed by atoms with van der Waals surface area (Å²) in [5.74, 6) is 0.749. The summed E-state index contributed by atoms with van der Waals surface area (Å²) in [6.45, 7) is 3.27. The molecule has 1 fully saturated rings. The lowest BCUT2D eigenvalue weighted by Gasteiger charge is -2.09. The molecule has 0 amide bonds. The monoisotopic (exact) mass is 278 g/mol. The second-order valence-electron chi connectivity index (χ2n) is 4.74.